The first-order chi connectivity index (χ1) is 12.1. The van der Waals surface area contributed by atoms with Gasteiger partial charge in [0.05, 0.1) is 7.11 Å². The van der Waals surface area contributed by atoms with E-state index in [2.05, 4.69) is 11.9 Å². The molecule has 0 spiro atoms. The third-order valence-electron chi connectivity index (χ3n) is 3.48. The minimum Gasteiger partial charge on any atom is -0.493 e. The van der Waals surface area contributed by atoms with Crippen LogP contribution in [0.2, 0.25) is 0 Å². The Morgan fingerprint density at radius 2 is 1.92 bits per heavy atom. The standard InChI is InChI=1S/C19H20N2O4/c1-3-11-25-15-10-9-14(12-16(15)24-2)19(23)21-17(18(20)22)13-7-5-4-6-8-13/h3-10,12,17H,1,11H2,2H3,(H2,20,22)(H,21,23). The first-order valence-corrected chi connectivity index (χ1v) is 7.63. The minimum atomic E-state index is -0.920. The molecule has 0 saturated heterocycles. The molecule has 6 heteroatoms. The molecule has 0 fully saturated rings. The fourth-order valence-corrected chi connectivity index (χ4v) is 2.26. The Bertz CT molecular complexity index is 759. The van der Waals surface area contributed by atoms with Gasteiger partial charge in [-0.15, -0.1) is 0 Å². The van der Waals surface area contributed by atoms with E-state index >= 15 is 0 Å². The summed E-state index contributed by atoms with van der Waals surface area (Å²) < 4.78 is 10.7. The summed E-state index contributed by atoms with van der Waals surface area (Å²) in [6.45, 7) is 3.90. The van der Waals surface area contributed by atoms with E-state index in [-0.39, 0.29) is 0 Å². The largest absolute Gasteiger partial charge is 0.493 e. The summed E-state index contributed by atoms with van der Waals surface area (Å²) in [4.78, 5) is 24.2. The van der Waals surface area contributed by atoms with Gasteiger partial charge in [0.2, 0.25) is 5.91 Å². The molecule has 1 unspecified atom stereocenters. The third-order valence-corrected chi connectivity index (χ3v) is 3.48. The summed E-state index contributed by atoms with van der Waals surface area (Å²) in [6, 6.07) is 12.6. The summed E-state index contributed by atoms with van der Waals surface area (Å²) in [6.07, 6.45) is 1.61. The van der Waals surface area contributed by atoms with E-state index in [1.165, 1.54) is 13.2 Å². The van der Waals surface area contributed by atoms with Gasteiger partial charge in [-0.3, -0.25) is 9.59 Å². The van der Waals surface area contributed by atoms with Crippen molar-refractivity contribution in [1.29, 1.82) is 0 Å². The minimum absolute atomic E-state index is 0.319. The van der Waals surface area contributed by atoms with Crippen LogP contribution in [-0.2, 0) is 4.79 Å². The van der Waals surface area contributed by atoms with Crippen molar-refractivity contribution < 1.29 is 19.1 Å². The van der Waals surface area contributed by atoms with Gasteiger partial charge in [-0.25, -0.2) is 0 Å². The molecule has 0 aliphatic heterocycles. The molecule has 0 aromatic heterocycles. The highest BCUT2D eigenvalue weighted by Gasteiger charge is 2.21. The van der Waals surface area contributed by atoms with Crippen LogP contribution in [-0.4, -0.2) is 25.5 Å². The van der Waals surface area contributed by atoms with E-state index in [0.717, 1.165) is 0 Å². The lowest BCUT2D eigenvalue weighted by atomic mass is 10.1. The average Bonchev–Trinajstić information content (AvgIpc) is 2.64. The fraction of sp³-hybridized carbons (Fsp3) is 0.158. The Balaban J connectivity index is 2.21. The number of carbonyl (C=O) groups excluding carboxylic acids is 2. The maximum atomic E-state index is 12.5. The smallest absolute Gasteiger partial charge is 0.252 e. The molecule has 0 aliphatic carbocycles. The Morgan fingerprint density at radius 3 is 2.52 bits per heavy atom. The average molecular weight is 340 g/mol. The third kappa shape index (κ3) is 4.60. The molecule has 2 rings (SSSR count). The number of ether oxygens (including phenoxy) is 2. The second-order valence-electron chi connectivity index (χ2n) is 5.18. The monoisotopic (exact) mass is 340 g/mol. The van der Waals surface area contributed by atoms with Crippen LogP contribution in [0, 0.1) is 0 Å². The van der Waals surface area contributed by atoms with Crippen molar-refractivity contribution in [3.05, 3.63) is 72.3 Å². The maximum absolute atomic E-state index is 12.5. The van der Waals surface area contributed by atoms with Crippen molar-refractivity contribution in [2.45, 2.75) is 6.04 Å². The van der Waals surface area contributed by atoms with E-state index in [0.29, 0.717) is 29.2 Å². The van der Waals surface area contributed by atoms with Crippen molar-refractivity contribution in [2.24, 2.45) is 5.73 Å². The van der Waals surface area contributed by atoms with Crippen LogP contribution in [0.5, 0.6) is 11.5 Å². The lowest BCUT2D eigenvalue weighted by Gasteiger charge is -2.16. The van der Waals surface area contributed by atoms with E-state index in [1.807, 2.05) is 6.07 Å². The van der Waals surface area contributed by atoms with E-state index in [1.54, 1.807) is 42.5 Å². The fourth-order valence-electron chi connectivity index (χ4n) is 2.26. The highest BCUT2D eigenvalue weighted by atomic mass is 16.5. The molecule has 130 valence electrons. The summed E-state index contributed by atoms with van der Waals surface area (Å²) in [5, 5.41) is 2.64. The van der Waals surface area contributed by atoms with Crippen molar-refractivity contribution in [2.75, 3.05) is 13.7 Å². The van der Waals surface area contributed by atoms with Crippen LogP contribution >= 0.6 is 0 Å². The number of carbonyl (C=O) groups is 2. The molecule has 2 amide bonds. The predicted molar refractivity (Wildman–Crippen MR) is 94.5 cm³/mol. The van der Waals surface area contributed by atoms with Crippen molar-refractivity contribution in [1.82, 2.24) is 5.32 Å². The van der Waals surface area contributed by atoms with Gasteiger partial charge in [-0.1, -0.05) is 43.0 Å². The number of benzene rings is 2. The number of hydrogen-bond acceptors (Lipinski definition) is 4. The van der Waals surface area contributed by atoms with Gasteiger partial charge in [0, 0.05) is 5.56 Å². The molecule has 0 aliphatic rings. The molecule has 2 aromatic carbocycles. The van der Waals surface area contributed by atoms with Crippen LogP contribution in [0.25, 0.3) is 0 Å². The zero-order valence-electron chi connectivity index (χ0n) is 13.9. The Morgan fingerprint density at radius 1 is 1.20 bits per heavy atom. The van der Waals surface area contributed by atoms with E-state index in [9.17, 15) is 9.59 Å². The molecule has 2 aromatic rings. The number of nitrogens with two attached hydrogens (primary N) is 1. The number of hydrogen-bond donors (Lipinski definition) is 2. The molecule has 6 nitrogen and oxygen atoms in total. The molecular weight excluding hydrogens is 320 g/mol. The second-order valence-corrected chi connectivity index (χ2v) is 5.18. The topological polar surface area (TPSA) is 90.6 Å². The summed E-state index contributed by atoms with van der Waals surface area (Å²) in [7, 11) is 1.48. The van der Waals surface area contributed by atoms with Crippen LogP contribution < -0.4 is 20.5 Å². The first-order valence-electron chi connectivity index (χ1n) is 7.63. The van der Waals surface area contributed by atoms with Gasteiger partial charge in [0.25, 0.3) is 5.91 Å². The molecule has 0 saturated carbocycles. The highest BCUT2D eigenvalue weighted by molar-refractivity contribution is 5.98. The summed E-state index contributed by atoms with van der Waals surface area (Å²) in [5.74, 6) is -0.183. The Hall–Kier alpha value is -3.28. The molecule has 25 heavy (non-hydrogen) atoms. The normalized spacial score (nSPS) is 11.2. The molecule has 0 radical (unpaired) electrons. The molecule has 0 heterocycles. The van der Waals surface area contributed by atoms with Gasteiger partial charge in [0.15, 0.2) is 11.5 Å². The number of primary amides is 1. The SMILES string of the molecule is C=CCOc1ccc(C(=O)NC(C(N)=O)c2ccccc2)cc1OC. The molecule has 0 bridgehead atoms. The van der Waals surface area contributed by atoms with Crippen LogP contribution in [0.1, 0.15) is 22.0 Å². The zero-order chi connectivity index (χ0) is 18.2. The van der Waals surface area contributed by atoms with Gasteiger partial charge in [-0.2, -0.15) is 0 Å². The molecule has 3 N–H and O–H groups in total. The van der Waals surface area contributed by atoms with Crippen molar-refractivity contribution >= 4 is 11.8 Å². The molecule has 1 atom stereocenters. The van der Waals surface area contributed by atoms with Crippen LogP contribution in [0.3, 0.4) is 0 Å². The quantitative estimate of drug-likeness (QED) is 0.721. The summed E-state index contributed by atoms with van der Waals surface area (Å²) in [5.41, 5.74) is 6.36. The lowest BCUT2D eigenvalue weighted by Crippen LogP contribution is -2.37. The Kier molecular flexibility index (Phi) is 6.17. The zero-order valence-corrected chi connectivity index (χ0v) is 13.9. The lowest BCUT2D eigenvalue weighted by molar-refractivity contribution is -0.120. The number of rotatable bonds is 8. The van der Waals surface area contributed by atoms with Crippen molar-refractivity contribution in [3.63, 3.8) is 0 Å². The summed E-state index contributed by atoms with van der Waals surface area (Å²) >= 11 is 0. The number of methoxy groups -OCH3 is 1. The highest BCUT2D eigenvalue weighted by Crippen LogP contribution is 2.28. The number of amides is 2. The maximum Gasteiger partial charge on any atom is 0.252 e. The van der Waals surface area contributed by atoms with E-state index in [4.69, 9.17) is 15.2 Å². The van der Waals surface area contributed by atoms with Gasteiger partial charge >= 0.3 is 0 Å². The number of nitrogens with one attached hydrogen (secondary N) is 1. The van der Waals surface area contributed by atoms with Gasteiger partial charge in [0.1, 0.15) is 12.6 Å². The second kappa shape index (κ2) is 8.54. The Labute approximate surface area is 146 Å². The molecular formula is C19H20N2O4. The van der Waals surface area contributed by atoms with Crippen molar-refractivity contribution in [3.8, 4) is 11.5 Å². The van der Waals surface area contributed by atoms with Gasteiger partial charge in [-0.05, 0) is 23.8 Å². The van der Waals surface area contributed by atoms with Crippen LogP contribution in [0.15, 0.2) is 61.2 Å². The van der Waals surface area contributed by atoms with Gasteiger partial charge < -0.3 is 20.5 Å². The van der Waals surface area contributed by atoms with E-state index < -0.39 is 17.9 Å². The van der Waals surface area contributed by atoms with Crippen LogP contribution in [0.4, 0.5) is 0 Å². The first kappa shape index (κ1) is 18.1. The predicted octanol–water partition coefficient (Wildman–Crippen LogP) is 2.22.